The lowest BCUT2D eigenvalue weighted by Gasteiger charge is -2.08. The average Bonchev–Trinajstić information content (AvgIpc) is 3.15. The van der Waals surface area contributed by atoms with E-state index >= 15 is 0 Å². The summed E-state index contributed by atoms with van der Waals surface area (Å²) in [5.41, 5.74) is 0. The van der Waals surface area contributed by atoms with Crippen molar-refractivity contribution in [2.75, 3.05) is 0 Å². The molecule has 0 aliphatic rings. The molecule has 1 aromatic heterocycles. The van der Waals surface area contributed by atoms with E-state index in [9.17, 15) is 4.79 Å². The van der Waals surface area contributed by atoms with Gasteiger partial charge in [0.25, 0.3) is 0 Å². The van der Waals surface area contributed by atoms with Crippen molar-refractivity contribution in [2.24, 2.45) is 5.92 Å². The van der Waals surface area contributed by atoms with Crippen molar-refractivity contribution in [3.63, 3.8) is 0 Å². The molecule has 144 valence electrons. The van der Waals surface area contributed by atoms with Crippen molar-refractivity contribution < 1.29 is 4.79 Å². The minimum absolute atomic E-state index is 0.0866. The van der Waals surface area contributed by atoms with Crippen LogP contribution in [0.1, 0.15) is 121 Å². The number of unbranched alkanes of at least 4 members (excludes halogenated alkanes) is 13. The van der Waals surface area contributed by atoms with Crippen LogP contribution in [0.5, 0.6) is 0 Å². The molecular formula is C22H40N2O. The lowest BCUT2D eigenvalue weighted by molar-refractivity contribution is 0.0912. The molecule has 3 nitrogen and oxygen atoms in total. The first-order valence-electron chi connectivity index (χ1n) is 10.8. The second-order valence-electron chi connectivity index (χ2n) is 7.59. The molecule has 0 bridgehead atoms. The number of Topliss-reactive ketones (excluding diaryl/α,β-unsaturated/α-hetero) is 1. The number of rotatable bonds is 17. The number of hydrogen-bond donors (Lipinski definition) is 1. The molecule has 25 heavy (non-hydrogen) atoms. The van der Waals surface area contributed by atoms with E-state index in [1.165, 1.54) is 83.5 Å². The number of hydrogen-bond acceptors (Lipinski definition) is 2. The third kappa shape index (κ3) is 11.2. The van der Waals surface area contributed by atoms with Gasteiger partial charge in [-0.25, -0.2) is 4.98 Å². The van der Waals surface area contributed by atoms with E-state index in [0.717, 1.165) is 12.8 Å². The van der Waals surface area contributed by atoms with Gasteiger partial charge in [-0.1, -0.05) is 104 Å². The van der Waals surface area contributed by atoms with Crippen molar-refractivity contribution in [1.29, 1.82) is 0 Å². The summed E-state index contributed by atoms with van der Waals surface area (Å²) in [5.74, 6) is 0.751. The van der Waals surface area contributed by atoms with Gasteiger partial charge in [-0.3, -0.25) is 4.79 Å². The summed E-state index contributed by atoms with van der Waals surface area (Å²) in [7, 11) is 0. The van der Waals surface area contributed by atoms with Crippen molar-refractivity contribution in [2.45, 2.75) is 110 Å². The number of H-pyrrole nitrogens is 1. The number of nitrogens with one attached hydrogen (secondary N) is 1. The molecule has 0 saturated carbocycles. The molecule has 0 radical (unpaired) electrons. The van der Waals surface area contributed by atoms with Gasteiger partial charge in [-0.2, -0.15) is 0 Å². The first kappa shape index (κ1) is 21.9. The molecule has 0 fully saturated rings. The third-order valence-corrected chi connectivity index (χ3v) is 5.17. The van der Waals surface area contributed by atoms with Crippen molar-refractivity contribution >= 4 is 5.78 Å². The number of imidazole rings is 1. The fraction of sp³-hybridized carbons (Fsp3) is 0.818. The molecule has 1 N–H and O–H groups in total. The summed E-state index contributed by atoms with van der Waals surface area (Å²) in [6, 6.07) is 0. The van der Waals surface area contributed by atoms with Crippen LogP contribution in [0, 0.1) is 5.92 Å². The summed E-state index contributed by atoms with van der Waals surface area (Å²) in [6.45, 7) is 4.30. The number of carbonyl (C=O) groups excluding carboxylic acids is 1. The third-order valence-electron chi connectivity index (χ3n) is 5.17. The maximum atomic E-state index is 12.1. The molecule has 3 heteroatoms. The maximum Gasteiger partial charge on any atom is 0.200 e. The zero-order valence-electron chi connectivity index (χ0n) is 16.7. The Bertz CT molecular complexity index is 414. The number of aromatic amines is 1. The minimum Gasteiger partial charge on any atom is -0.342 e. The van der Waals surface area contributed by atoms with Gasteiger partial charge >= 0.3 is 0 Å². The monoisotopic (exact) mass is 348 g/mol. The summed E-state index contributed by atoms with van der Waals surface area (Å²) in [4.78, 5) is 19.0. The molecule has 1 aromatic rings. The largest absolute Gasteiger partial charge is 0.342 e. The highest BCUT2D eigenvalue weighted by Gasteiger charge is 2.16. The van der Waals surface area contributed by atoms with Gasteiger partial charge in [0.05, 0.1) is 0 Å². The van der Waals surface area contributed by atoms with E-state index < -0.39 is 0 Å². The van der Waals surface area contributed by atoms with Crippen LogP contribution < -0.4 is 0 Å². The van der Waals surface area contributed by atoms with Gasteiger partial charge in [-0.15, -0.1) is 0 Å². The maximum absolute atomic E-state index is 12.1. The van der Waals surface area contributed by atoms with Crippen molar-refractivity contribution in [3.05, 3.63) is 18.2 Å². The molecule has 1 unspecified atom stereocenters. The lowest BCUT2D eigenvalue weighted by atomic mass is 9.97. The van der Waals surface area contributed by atoms with E-state index in [0.29, 0.717) is 5.82 Å². The molecule has 0 saturated heterocycles. The van der Waals surface area contributed by atoms with E-state index in [-0.39, 0.29) is 11.7 Å². The number of aromatic nitrogens is 2. The fourth-order valence-corrected chi connectivity index (χ4v) is 3.41. The number of nitrogens with zero attached hydrogens (tertiary/aromatic N) is 1. The molecule has 0 spiro atoms. The Hall–Kier alpha value is -1.12. The van der Waals surface area contributed by atoms with Crippen LogP contribution in [0.2, 0.25) is 0 Å². The molecule has 0 aromatic carbocycles. The fourth-order valence-electron chi connectivity index (χ4n) is 3.41. The lowest BCUT2D eigenvalue weighted by Crippen LogP contribution is -2.12. The Morgan fingerprint density at radius 2 is 1.36 bits per heavy atom. The molecular weight excluding hydrogens is 308 g/mol. The Morgan fingerprint density at radius 3 is 1.80 bits per heavy atom. The van der Waals surface area contributed by atoms with E-state index in [4.69, 9.17) is 0 Å². The summed E-state index contributed by atoms with van der Waals surface area (Å²) in [5, 5.41) is 0. The van der Waals surface area contributed by atoms with Gasteiger partial charge in [0.2, 0.25) is 5.78 Å². The van der Waals surface area contributed by atoms with Crippen LogP contribution >= 0.6 is 0 Å². The van der Waals surface area contributed by atoms with Crippen LogP contribution in [0.15, 0.2) is 12.4 Å². The van der Waals surface area contributed by atoms with E-state index in [2.05, 4.69) is 16.9 Å². The molecule has 0 aliphatic heterocycles. The summed E-state index contributed by atoms with van der Waals surface area (Å²) in [6.07, 6.45) is 23.6. The van der Waals surface area contributed by atoms with E-state index in [1.807, 2.05) is 6.92 Å². The highest BCUT2D eigenvalue weighted by molar-refractivity contribution is 5.94. The van der Waals surface area contributed by atoms with Gasteiger partial charge in [-0.05, 0) is 6.42 Å². The van der Waals surface area contributed by atoms with Gasteiger partial charge in [0, 0.05) is 18.3 Å². The zero-order valence-corrected chi connectivity index (χ0v) is 16.7. The Morgan fingerprint density at radius 1 is 0.880 bits per heavy atom. The molecule has 1 heterocycles. The second kappa shape index (κ2) is 15.2. The molecule has 1 rings (SSSR count). The Labute approximate surface area is 155 Å². The highest BCUT2D eigenvalue weighted by Crippen LogP contribution is 2.16. The van der Waals surface area contributed by atoms with Crippen molar-refractivity contribution in [1.82, 2.24) is 9.97 Å². The minimum atomic E-state index is 0.0866. The van der Waals surface area contributed by atoms with Crippen molar-refractivity contribution in [3.8, 4) is 0 Å². The predicted molar refractivity (Wildman–Crippen MR) is 107 cm³/mol. The van der Waals surface area contributed by atoms with Crippen LogP contribution in [0.4, 0.5) is 0 Å². The topological polar surface area (TPSA) is 45.8 Å². The number of ketones is 1. The average molecular weight is 349 g/mol. The van der Waals surface area contributed by atoms with Crippen LogP contribution in [-0.2, 0) is 0 Å². The van der Waals surface area contributed by atoms with Crippen LogP contribution in [0.25, 0.3) is 0 Å². The molecule has 0 aliphatic carbocycles. The van der Waals surface area contributed by atoms with Crippen LogP contribution in [0.3, 0.4) is 0 Å². The first-order chi connectivity index (χ1) is 12.3. The second-order valence-corrected chi connectivity index (χ2v) is 7.59. The Kier molecular flexibility index (Phi) is 13.3. The van der Waals surface area contributed by atoms with Gasteiger partial charge in [0.15, 0.2) is 5.82 Å². The SMILES string of the molecule is CCCCCCCCCCCCCCCCC(C)C(=O)c1ncc[nH]1. The smallest absolute Gasteiger partial charge is 0.200 e. The number of carbonyl (C=O) groups is 1. The standard InChI is InChI=1S/C22H40N2O/c1-3-4-5-6-7-8-9-10-11-12-13-14-15-16-17-20(2)21(25)22-23-18-19-24-22/h18-20H,3-17H2,1-2H3,(H,23,24). The predicted octanol–water partition coefficient (Wildman–Crippen LogP) is 7.10. The zero-order chi connectivity index (χ0) is 18.2. The normalized spacial score (nSPS) is 12.4. The van der Waals surface area contributed by atoms with E-state index in [1.54, 1.807) is 12.4 Å². The molecule has 1 atom stereocenters. The summed E-state index contributed by atoms with van der Waals surface area (Å²) < 4.78 is 0. The first-order valence-corrected chi connectivity index (χ1v) is 10.8. The quantitative estimate of drug-likeness (QED) is 0.241. The van der Waals surface area contributed by atoms with Gasteiger partial charge < -0.3 is 4.98 Å². The van der Waals surface area contributed by atoms with Crippen LogP contribution in [-0.4, -0.2) is 15.8 Å². The molecule has 0 amide bonds. The highest BCUT2D eigenvalue weighted by atomic mass is 16.1. The van der Waals surface area contributed by atoms with Gasteiger partial charge in [0.1, 0.15) is 0 Å². The Balaban J connectivity index is 1.82. The summed E-state index contributed by atoms with van der Waals surface area (Å²) >= 11 is 0.